The number of fused-ring (bicyclic) bond motifs is 1. The van der Waals surface area contributed by atoms with Crippen molar-refractivity contribution in [2.24, 2.45) is 0 Å². The van der Waals surface area contributed by atoms with E-state index in [2.05, 4.69) is 9.97 Å². The van der Waals surface area contributed by atoms with Crippen molar-refractivity contribution < 1.29 is 13.2 Å². The van der Waals surface area contributed by atoms with Crippen molar-refractivity contribution >= 4 is 23.4 Å². The van der Waals surface area contributed by atoms with Gasteiger partial charge >= 0.3 is 6.18 Å². The van der Waals surface area contributed by atoms with Crippen LogP contribution in [0.3, 0.4) is 0 Å². The van der Waals surface area contributed by atoms with Crippen LogP contribution in [-0.4, -0.2) is 9.97 Å². The van der Waals surface area contributed by atoms with Crippen molar-refractivity contribution in [2.75, 3.05) is 0 Å². The predicted molar refractivity (Wildman–Crippen MR) is 80.1 cm³/mol. The first-order valence-electron chi connectivity index (χ1n) is 6.78. The van der Waals surface area contributed by atoms with Crippen LogP contribution in [0.15, 0.2) is 29.4 Å². The highest BCUT2D eigenvalue weighted by atomic mass is 35.5. The summed E-state index contributed by atoms with van der Waals surface area (Å²) in [7, 11) is 0. The van der Waals surface area contributed by atoms with Crippen molar-refractivity contribution in [3.63, 3.8) is 0 Å². The second-order valence-corrected chi connectivity index (χ2v) is 6.43. The van der Waals surface area contributed by atoms with Crippen LogP contribution >= 0.6 is 23.4 Å². The molecule has 0 bridgehead atoms. The maximum Gasteiger partial charge on any atom is 0.433 e. The lowest BCUT2D eigenvalue weighted by atomic mass is 10.2. The minimum atomic E-state index is -4.42. The van der Waals surface area contributed by atoms with Gasteiger partial charge in [-0.1, -0.05) is 35.5 Å². The average molecular weight is 345 g/mol. The monoisotopic (exact) mass is 344 g/mol. The number of hydrogen-bond donors (Lipinski definition) is 0. The normalized spacial score (nSPS) is 14.2. The lowest BCUT2D eigenvalue weighted by Gasteiger charge is -2.12. The third-order valence-corrected chi connectivity index (χ3v) is 4.63. The van der Waals surface area contributed by atoms with Gasteiger partial charge < -0.3 is 0 Å². The Hall–Kier alpha value is -1.27. The van der Waals surface area contributed by atoms with E-state index < -0.39 is 11.9 Å². The summed E-state index contributed by atoms with van der Waals surface area (Å²) < 4.78 is 39.3. The van der Waals surface area contributed by atoms with Crippen LogP contribution in [-0.2, 0) is 24.8 Å². The van der Waals surface area contributed by atoms with E-state index in [0.29, 0.717) is 35.7 Å². The van der Waals surface area contributed by atoms with Crippen LogP contribution in [0.5, 0.6) is 0 Å². The molecule has 1 aromatic carbocycles. The highest BCUT2D eigenvalue weighted by Gasteiger charge is 2.38. The fraction of sp³-hybridized carbons (Fsp3) is 0.333. The smallest absolute Gasteiger partial charge is 0.227 e. The lowest BCUT2D eigenvalue weighted by molar-refractivity contribution is -0.142. The van der Waals surface area contributed by atoms with Gasteiger partial charge in [0.1, 0.15) is 0 Å². The SMILES string of the molecule is FC(F)(F)c1nc(SCc2ccc(Cl)cc2)nc2c1CCC2. The predicted octanol–water partition coefficient (Wildman–Crippen LogP) is 4.93. The molecular weight excluding hydrogens is 333 g/mol. The van der Waals surface area contributed by atoms with E-state index in [4.69, 9.17) is 11.6 Å². The Morgan fingerprint density at radius 1 is 1.09 bits per heavy atom. The largest absolute Gasteiger partial charge is 0.433 e. The summed E-state index contributed by atoms with van der Waals surface area (Å²) in [4.78, 5) is 8.03. The molecule has 1 aromatic heterocycles. The summed E-state index contributed by atoms with van der Waals surface area (Å²) in [5.74, 6) is 0.507. The van der Waals surface area contributed by atoms with Gasteiger partial charge in [-0.15, -0.1) is 0 Å². The van der Waals surface area contributed by atoms with Crippen LogP contribution in [0, 0.1) is 0 Å². The van der Waals surface area contributed by atoms with Gasteiger partial charge in [-0.25, -0.2) is 9.97 Å². The third-order valence-electron chi connectivity index (χ3n) is 3.46. The molecule has 22 heavy (non-hydrogen) atoms. The molecule has 0 unspecified atom stereocenters. The first-order chi connectivity index (χ1) is 10.4. The van der Waals surface area contributed by atoms with Gasteiger partial charge in [0.2, 0.25) is 0 Å². The molecule has 0 spiro atoms. The second-order valence-electron chi connectivity index (χ2n) is 5.05. The second kappa shape index (κ2) is 6.08. The number of nitrogens with zero attached hydrogens (tertiary/aromatic N) is 2. The van der Waals surface area contributed by atoms with Crippen LogP contribution in [0.1, 0.15) is 28.9 Å². The zero-order chi connectivity index (χ0) is 15.7. The van der Waals surface area contributed by atoms with Crippen LogP contribution in [0.25, 0.3) is 0 Å². The van der Waals surface area contributed by atoms with E-state index in [0.717, 1.165) is 5.56 Å². The number of halogens is 4. The first-order valence-corrected chi connectivity index (χ1v) is 8.14. The molecule has 1 heterocycles. The quantitative estimate of drug-likeness (QED) is 0.583. The number of hydrogen-bond acceptors (Lipinski definition) is 3. The van der Waals surface area contributed by atoms with Crippen LogP contribution in [0.2, 0.25) is 5.02 Å². The zero-order valence-electron chi connectivity index (χ0n) is 11.5. The molecule has 0 aliphatic heterocycles. The summed E-state index contributed by atoms with van der Waals surface area (Å²) in [5.41, 5.74) is 1.00. The van der Waals surface area contributed by atoms with E-state index in [-0.39, 0.29) is 10.7 Å². The van der Waals surface area contributed by atoms with E-state index >= 15 is 0 Å². The Morgan fingerprint density at radius 2 is 1.82 bits per heavy atom. The van der Waals surface area contributed by atoms with Crippen molar-refractivity contribution in [1.82, 2.24) is 9.97 Å². The maximum atomic E-state index is 13.1. The number of aromatic nitrogens is 2. The number of rotatable bonds is 3. The molecule has 3 rings (SSSR count). The molecule has 0 saturated carbocycles. The van der Waals surface area contributed by atoms with E-state index in [9.17, 15) is 13.2 Å². The Kier molecular flexibility index (Phi) is 4.32. The first kappa shape index (κ1) is 15.6. The van der Waals surface area contributed by atoms with Crippen LogP contribution in [0.4, 0.5) is 13.2 Å². The summed E-state index contributed by atoms with van der Waals surface area (Å²) in [6.07, 6.45) is -2.72. The number of aryl methyl sites for hydroxylation is 1. The highest BCUT2D eigenvalue weighted by molar-refractivity contribution is 7.98. The molecule has 2 aromatic rings. The molecule has 0 atom stereocenters. The molecule has 0 saturated heterocycles. The molecule has 0 radical (unpaired) electrons. The summed E-state index contributed by atoms with van der Waals surface area (Å²) >= 11 is 7.02. The van der Waals surface area contributed by atoms with E-state index in [1.165, 1.54) is 11.8 Å². The highest BCUT2D eigenvalue weighted by Crippen LogP contribution is 2.36. The van der Waals surface area contributed by atoms with Gasteiger partial charge in [0.25, 0.3) is 0 Å². The Labute approximate surface area is 135 Å². The van der Waals surface area contributed by atoms with Crippen molar-refractivity contribution in [2.45, 2.75) is 36.3 Å². The topological polar surface area (TPSA) is 25.8 Å². The lowest BCUT2D eigenvalue weighted by Crippen LogP contribution is -2.14. The molecule has 0 N–H and O–H groups in total. The molecule has 7 heteroatoms. The third kappa shape index (κ3) is 3.38. The number of benzene rings is 1. The van der Waals surface area contributed by atoms with Crippen molar-refractivity contribution in [1.29, 1.82) is 0 Å². The summed E-state index contributed by atoms with van der Waals surface area (Å²) in [5, 5.41) is 0.810. The van der Waals surface area contributed by atoms with Gasteiger partial charge in [0.15, 0.2) is 10.9 Å². The molecule has 1 aliphatic rings. The molecule has 1 aliphatic carbocycles. The maximum absolute atomic E-state index is 13.1. The Balaban J connectivity index is 1.84. The zero-order valence-corrected chi connectivity index (χ0v) is 13.0. The summed E-state index contributed by atoms with van der Waals surface area (Å²) in [6.45, 7) is 0. The fourth-order valence-electron chi connectivity index (χ4n) is 2.44. The standard InChI is InChI=1S/C15H12ClF3N2S/c16-10-6-4-9(5-7-10)8-22-14-20-12-3-1-2-11(12)13(21-14)15(17,18)19/h4-7H,1-3,8H2. The minimum Gasteiger partial charge on any atom is -0.227 e. The van der Waals surface area contributed by atoms with Crippen LogP contribution < -0.4 is 0 Å². The average Bonchev–Trinajstić information content (AvgIpc) is 2.93. The Bertz CT molecular complexity index is 686. The van der Waals surface area contributed by atoms with Crippen molar-refractivity contribution in [3.05, 3.63) is 51.8 Å². The van der Waals surface area contributed by atoms with Gasteiger partial charge in [-0.3, -0.25) is 0 Å². The number of thioether (sulfide) groups is 1. The van der Waals surface area contributed by atoms with E-state index in [1.54, 1.807) is 12.1 Å². The number of alkyl halides is 3. The summed E-state index contributed by atoms with van der Waals surface area (Å²) in [6, 6.07) is 7.19. The van der Waals surface area contributed by atoms with Crippen molar-refractivity contribution in [3.8, 4) is 0 Å². The molecule has 2 nitrogen and oxygen atoms in total. The van der Waals surface area contributed by atoms with Gasteiger partial charge in [-0.2, -0.15) is 13.2 Å². The molecule has 0 amide bonds. The fourth-order valence-corrected chi connectivity index (χ4v) is 3.38. The molecule has 0 fully saturated rings. The minimum absolute atomic E-state index is 0.183. The van der Waals surface area contributed by atoms with E-state index in [1.807, 2.05) is 12.1 Å². The Morgan fingerprint density at radius 3 is 2.50 bits per heavy atom. The molecular formula is C15H12ClF3N2S. The molecule has 116 valence electrons. The van der Waals surface area contributed by atoms with Gasteiger partial charge in [0.05, 0.1) is 0 Å². The van der Waals surface area contributed by atoms with Gasteiger partial charge in [0, 0.05) is 22.0 Å². The van der Waals surface area contributed by atoms with Gasteiger partial charge in [-0.05, 0) is 37.0 Å².